The van der Waals surface area contributed by atoms with Gasteiger partial charge in [0.15, 0.2) is 0 Å². The predicted octanol–water partition coefficient (Wildman–Crippen LogP) is 1.74. The molecule has 0 spiro atoms. The third-order valence-corrected chi connectivity index (χ3v) is 2.57. The number of carbonyl (C=O) groups is 1. The van der Waals surface area contributed by atoms with E-state index in [1.165, 1.54) is 12.1 Å². The second-order valence-corrected chi connectivity index (χ2v) is 3.82. The summed E-state index contributed by atoms with van der Waals surface area (Å²) in [7, 11) is 0. The molecule has 0 aliphatic rings. The lowest BCUT2D eigenvalue weighted by atomic mass is 10.1. The Bertz CT molecular complexity index is 757. The summed E-state index contributed by atoms with van der Waals surface area (Å²) in [6.45, 7) is 0. The van der Waals surface area contributed by atoms with Crippen LogP contribution >= 0.6 is 0 Å². The first-order valence-corrected chi connectivity index (χ1v) is 5.58. The Morgan fingerprint density at radius 2 is 1.85 bits per heavy atom. The van der Waals surface area contributed by atoms with Crippen LogP contribution in [0.3, 0.4) is 0 Å². The van der Waals surface area contributed by atoms with E-state index in [9.17, 15) is 9.90 Å². The van der Waals surface area contributed by atoms with E-state index >= 15 is 0 Å². The Morgan fingerprint density at radius 3 is 2.50 bits per heavy atom. The van der Waals surface area contributed by atoms with Gasteiger partial charge in [-0.3, -0.25) is 0 Å². The van der Waals surface area contributed by atoms with E-state index in [1.807, 2.05) is 0 Å². The van der Waals surface area contributed by atoms with E-state index in [1.54, 1.807) is 42.5 Å². The largest absolute Gasteiger partial charge is 0.545 e. The summed E-state index contributed by atoms with van der Waals surface area (Å²) in [5, 5.41) is 28.3. The lowest BCUT2D eigenvalue weighted by Crippen LogP contribution is -2.22. The van der Waals surface area contributed by atoms with Gasteiger partial charge in [-0.15, -0.1) is 0 Å². The lowest BCUT2D eigenvalue weighted by Gasteiger charge is -2.07. The smallest absolute Gasteiger partial charge is 0.135 e. The molecule has 0 aliphatic heterocycles. The van der Waals surface area contributed by atoms with Crippen molar-refractivity contribution in [3.63, 3.8) is 0 Å². The van der Waals surface area contributed by atoms with Gasteiger partial charge in [0.25, 0.3) is 0 Å². The van der Waals surface area contributed by atoms with Crippen molar-refractivity contribution in [3.8, 4) is 23.5 Å². The lowest BCUT2D eigenvalue weighted by molar-refractivity contribution is -0.254. The van der Waals surface area contributed by atoms with Gasteiger partial charge < -0.3 is 14.3 Å². The van der Waals surface area contributed by atoms with Crippen molar-refractivity contribution in [2.45, 2.75) is 0 Å². The zero-order chi connectivity index (χ0) is 14.5. The molecule has 0 unspecified atom stereocenters. The van der Waals surface area contributed by atoms with Crippen LogP contribution in [0.5, 0.6) is 0 Å². The molecule has 2 rings (SSSR count). The van der Waals surface area contributed by atoms with Crippen LogP contribution in [0.2, 0.25) is 0 Å². The number of carboxylic acids is 1. The van der Waals surface area contributed by atoms with Gasteiger partial charge in [0.2, 0.25) is 0 Å². The average Bonchev–Trinajstić information content (AvgIpc) is 2.93. The van der Waals surface area contributed by atoms with Crippen molar-refractivity contribution in [1.82, 2.24) is 0 Å². The number of nitriles is 2. The van der Waals surface area contributed by atoms with Gasteiger partial charge in [-0.2, -0.15) is 10.5 Å². The molecule has 0 radical (unpaired) electrons. The number of hydrogen-bond donors (Lipinski definition) is 0. The quantitative estimate of drug-likeness (QED) is 0.785. The summed E-state index contributed by atoms with van der Waals surface area (Å²) >= 11 is 0. The molecular formula is C15H7N2O3-. The van der Waals surface area contributed by atoms with Crippen molar-refractivity contribution in [2.24, 2.45) is 0 Å². The summed E-state index contributed by atoms with van der Waals surface area (Å²) in [5.41, 5.74) is 0.292. The molecule has 96 valence electrons. The Hall–Kier alpha value is -3.31. The molecule has 0 fully saturated rings. The van der Waals surface area contributed by atoms with Crippen molar-refractivity contribution in [3.05, 3.63) is 53.3 Å². The Morgan fingerprint density at radius 1 is 1.15 bits per heavy atom. The molecule has 0 saturated carbocycles. The first kappa shape index (κ1) is 13.1. The summed E-state index contributed by atoms with van der Waals surface area (Å²) in [6, 6.07) is 12.8. The van der Waals surface area contributed by atoms with Gasteiger partial charge in [0.1, 0.15) is 29.2 Å². The van der Waals surface area contributed by atoms with Gasteiger partial charge >= 0.3 is 0 Å². The molecule has 0 aliphatic carbocycles. The van der Waals surface area contributed by atoms with E-state index < -0.39 is 5.97 Å². The molecular weight excluding hydrogens is 256 g/mol. The van der Waals surface area contributed by atoms with E-state index in [0.29, 0.717) is 17.1 Å². The van der Waals surface area contributed by atoms with Gasteiger partial charge in [0.05, 0.1) is 5.97 Å². The molecule has 5 heteroatoms. The number of nitrogens with zero attached hydrogens (tertiary/aromatic N) is 2. The van der Waals surface area contributed by atoms with Crippen LogP contribution in [0, 0.1) is 22.7 Å². The topological polar surface area (TPSA) is 101 Å². The Balaban J connectivity index is 2.46. The fourth-order valence-corrected chi connectivity index (χ4v) is 1.68. The number of benzene rings is 1. The predicted molar refractivity (Wildman–Crippen MR) is 67.7 cm³/mol. The summed E-state index contributed by atoms with van der Waals surface area (Å²) < 4.78 is 5.42. The van der Waals surface area contributed by atoms with Crippen LogP contribution in [-0.2, 0) is 0 Å². The van der Waals surface area contributed by atoms with Gasteiger partial charge in [-0.25, -0.2) is 0 Å². The molecule has 0 amide bonds. The number of furan rings is 1. The first-order chi connectivity index (χ1) is 9.65. The van der Waals surface area contributed by atoms with Crippen LogP contribution in [0.15, 0.2) is 46.4 Å². The summed E-state index contributed by atoms with van der Waals surface area (Å²) in [4.78, 5) is 11.0. The first-order valence-electron chi connectivity index (χ1n) is 5.58. The van der Waals surface area contributed by atoms with Crippen LogP contribution in [0.4, 0.5) is 0 Å². The number of carboxylic acid groups (broad SMARTS) is 1. The van der Waals surface area contributed by atoms with Crippen molar-refractivity contribution < 1.29 is 14.3 Å². The highest BCUT2D eigenvalue weighted by molar-refractivity contribution is 5.93. The summed E-state index contributed by atoms with van der Waals surface area (Å²) in [6.07, 6.45) is 1.28. The van der Waals surface area contributed by atoms with Gasteiger partial charge in [-0.05, 0) is 12.1 Å². The maximum Gasteiger partial charge on any atom is 0.135 e. The Labute approximate surface area is 114 Å². The second kappa shape index (κ2) is 5.55. The third-order valence-electron chi connectivity index (χ3n) is 2.57. The van der Waals surface area contributed by atoms with E-state index in [4.69, 9.17) is 14.9 Å². The van der Waals surface area contributed by atoms with Crippen LogP contribution in [-0.4, -0.2) is 5.97 Å². The molecule has 20 heavy (non-hydrogen) atoms. The minimum Gasteiger partial charge on any atom is -0.545 e. The molecule has 2 aromatic rings. The van der Waals surface area contributed by atoms with Gasteiger partial charge in [-0.1, -0.05) is 24.3 Å². The molecule has 1 aromatic carbocycles. The minimum atomic E-state index is -1.30. The van der Waals surface area contributed by atoms with E-state index in [2.05, 4.69) is 0 Å². The molecule has 1 aromatic heterocycles. The standard InChI is InChI=1S/C15H8N2O3/c16-8-10(9-17)7-11-5-6-14(20-11)12-3-1-2-4-13(12)15(18)19/h1-7H,(H,18,19)/p-1. The van der Waals surface area contributed by atoms with Crippen molar-refractivity contribution in [2.75, 3.05) is 0 Å². The zero-order valence-electron chi connectivity index (χ0n) is 10.2. The van der Waals surface area contributed by atoms with Gasteiger partial charge in [0, 0.05) is 17.2 Å². The number of hydrogen-bond acceptors (Lipinski definition) is 5. The minimum absolute atomic E-state index is 0.0122. The summed E-state index contributed by atoms with van der Waals surface area (Å²) in [5.74, 6) is -0.679. The van der Waals surface area contributed by atoms with Crippen LogP contribution < -0.4 is 5.11 Å². The number of aromatic carboxylic acids is 1. The highest BCUT2D eigenvalue weighted by atomic mass is 16.4. The maximum atomic E-state index is 11.0. The second-order valence-electron chi connectivity index (χ2n) is 3.82. The number of carbonyl (C=O) groups excluding carboxylic acids is 1. The van der Waals surface area contributed by atoms with Crippen LogP contribution in [0.1, 0.15) is 16.1 Å². The molecule has 5 nitrogen and oxygen atoms in total. The molecule has 0 atom stereocenters. The van der Waals surface area contributed by atoms with E-state index in [0.717, 1.165) is 0 Å². The number of rotatable bonds is 3. The maximum absolute atomic E-state index is 11.0. The monoisotopic (exact) mass is 263 g/mol. The molecule has 0 bridgehead atoms. The Kier molecular flexibility index (Phi) is 3.65. The normalized spacial score (nSPS) is 9.30. The number of allylic oxidation sites excluding steroid dienone is 1. The fraction of sp³-hybridized carbons (Fsp3) is 0. The highest BCUT2D eigenvalue weighted by Crippen LogP contribution is 2.26. The fourth-order valence-electron chi connectivity index (χ4n) is 1.68. The van der Waals surface area contributed by atoms with Crippen LogP contribution in [0.25, 0.3) is 17.4 Å². The third kappa shape index (κ3) is 2.58. The van der Waals surface area contributed by atoms with Crippen molar-refractivity contribution >= 4 is 12.0 Å². The zero-order valence-corrected chi connectivity index (χ0v) is 10.2. The highest BCUT2D eigenvalue weighted by Gasteiger charge is 2.09. The SMILES string of the molecule is N#CC(C#N)=Cc1ccc(-c2ccccc2C(=O)[O-])o1. The average molecular weight is 263 g/mol. The molecule has 0 N–H and O–H groups in total. The molecule has 1 heterocycles. The van der Waals surface area contributed by atoms with E-state index in [-0.39, 0.29) is 11.1 Å². The molecule has 0 saturated heterocycles. The van der Waals surface area contributed by atoms with Crippen molar-refractivity contribution in [1.29, 1.82) is 10.5 Å².